The Hall–Kier alpha value is -3.99. The van der Waals surface area contributed by atoms with Crippen LogP contribution < -0.4 is 11.1 Å². The third-order valence-electron chi connectivity index (χ3n) is 4.71. The molecule has 1 aliphatic rings. The van der Waals surface area contributed by atoms with Gasteiger partial charge in [0.25, 0.3) is 11.8 Å². The molecule has 1 heterocycles. The van der Waals surface area contributed by atoms with E-state index in [-0.39, 0.29) is 24.0 Å². The van der Waals surface area contributed by atoms with Crippen LogP contribution in [0.4, 0.5) is 10.1 Å². The molecule has 1 saturated heterocycles. The monoisotopic (exact) mass is 405 g/mol. The van der Waals surface area contributed by atoms with E-state index in [1.807, 2.05) is 6.07 Å². The highest BCUT2D eigenvalue weighted by Crippen LogP contribution is 2.21. The van der Waals surface area contributed by atoms with Crippen LogP contribution in [0, 0.1) is 23.1 Å². The summed E-state index contributed by atoms with van der Waals surface area (Å²) in [6.07, 6.45) is 3.23. The molecule has 2 amide bonds. The number of nitrogens with zero attached hydrogens (tertiary/aromatic N) is 3. The van der Waals surface area contributed by atoms with Crippen molar-refractivity contribution < 1.29 is 14.0 Å². The summed E-state index contributed by atoms with van der Waals surface area (Å²) in [4.78, 5) is 30.5. The Kier molecular flexibility index (Phi) is 6.55. The maximum atomic E-state index is 13.5. The number of carbonyl (C=O) groups excluding carboxylic acids is 2. The lowest BCUT2D eigenvalue weighted by molar-refractivity contribution is -0.121. The van der Waals surface area contributed by atoms with Crippen molar-refractivity contribution in [2.75, 3.05) is 18.4 Å². The normalized spacial score (nSPS) is 16.5. The number of benzene rings is 2. The molecule has 0 unspecified atom stereocenters. The van der Waals surface area contributed by atoms with Gasteiger partial charge in [-0.15, -0.1) is 0 Å². The summed E-state index contributed by atoms with van der Waals surface area (Å²) in [5, 5.41) is 11.9. The van der Waals surface area contributed by atoms with Crippen LogP contribution in [0.3, 0.4) is 0 Å². The summed E-state index contributed by atoms with van der Waals surface area (Å²) >= 11 is 0. The number of amides is 2. The highest BCUT2D eigenvalue weighted by Gasteiger charge is 2.32. The van der Waals surface area contributed by atoms with E-state index >= 15 is 0 Å². The van der Waals surface area contributed by atoms with Crippen LogP contribution in [0.1, 0.15) is 22.3 Å². The zero-order valence-electron chi connectivity index (χ0n) is 16.1. The van der Waals surface area contributed by atoms with E-state index in [1.165, 1.54) is 18.3 Å². The van der Waals surface area contributed by atoms with Crippen LogP contribution in [0.25, 0.3) is 0 Å². The molecule has 0 spiro atoms. The second kappa shape index (κ2) is 9.47. The average Bonchev–Trinajstić information content (AvgIpc) is 3.25. The summed E-state index contributed by atoms with van der Waals surface area (Å²) in [6.45, 7) is 0.612. The topological polar surface area (TPSA) is 112 Å². The predicted molar refractivity (Wildman–Crippen MR) is 111 cm³/mol. The van der Waals surface area contributed by atoms with Gasteiger partial charge in [-0.25, -0.2) is 4.39 Å². The van der Waals surface area contributed by atoms with Gasteiger partial charge in [0.2, 0.25) is 0 Å². The molecule has 0 aromatic heterocycles. The third kappa shape index (κ3) is 4.89. The van der Waals surface area contributed by atoms with Gasteiger partial charge in [-0.1, -0.05) is 24.3 Å². The zero-order valence-corrected chi connectivity index (χ0v) is 16.1. The number of nitrogens with two attached hydrogens (primary N) is 1. The van der Waals surface area contributed by atoms with E-state index in [0.29, 0.717) is 24.1 Å². The molecule has 0 aliphatic carbocycles. The Balaban J connectivity index is 1.58. The van der Waals surface area contributed by atoms with Crippen molar-refractivity contribution in [3.05, 3.63) is 77.8 Å². The predicted octanol–water partition coefficient (Wildman–Crippen LogP) is 2.67. The van der Waals surface area contributed by atoms with E-state index in [4.69, 9.17) is 11.0 Å². The van der Waals surface area contributed by atoms with Crippen LogP contribution in [0.2, 0.25) is 0 Å². The van der Waals surface area contributed by atoms with Crippen molar-refractivity contribution in [1.29, 1.82) is 5.26 Å². The highest BCUT2D eigenvalue weighted by molar-refractivity contribution is 6.01. The first-order valence-corrected chi connectivity index (χ1v) is 9.33. The van der Waals surface area contributed by atoms with E-state index in [1.54, 1.807) is 47.4 Å². The van der Waals surface area contributed by atoms with Gasteiger partial charge in [-0.3, -0.25) is 9.59 Å². The van der Waals surface area contributed by atoms with E-state index in [0.717, 1.165) is 0 Å². The number of anilines is 1. The Morgan fingerprint density at radius 1 is 1.23 bits per heavy atom. The van der Waals surface area contributed by atoms with Crippen molar-refractivity contribution in [1.82, 2.24) is 4.90 Å². The smallest absolute Gasteiger partial charge is 0.255 e. The molecule has 3 rings (SSSR count). The number of carbonyl (C=O) groups is 2. The minimum Gasteiger partial charge on any atom is -0.384 e. The van der Waals surface area contributed by atoms with E-state index in [9.17, 15) is 14.0 Å². The van der Waals surface area contributed by atoms with Gasteiger partial charge in [0.15, 0.2) is 0 Å². The maximum Gasteiger partial charge on any atom is 0.255 e. The first kappa shape index (κ1) is 20.7. The molecule has 1 fully saturated rings. The van der Waals surface area contributed by atoms with Crippen molar-refractivity contribution in [3.8, 4) is 6.07 Å². The Bertz CT molecular complexity index is 1060. The molecule has 2 aromatic carbocycles. The van der Waals surface area contributed by atoms with Gasteiger partial charge < -0.3 is 16.0 Å². The molecule has 1 aliphatic heterocycles. The van der Waals surface area contributed by atoms with Crippen molar-refractivity contribution in [3.63, 3.8) is 0 Å². The summed E-state index contributed by atoms with van der Waals surface area (Å²) in [7, 11) is 0. The number of rotatable bonds is 5. The number of para-hydroxylation sites is 1. The fourth-order valence-electron chi connectivity index (χ4n) is 3.13. The molecule has 7 nitrogen and oxygen atoms in total. The molecule has 2 aromatic rings. The maximum absolute atomic E-state index is 13.5. The van der Waals surface area contributed by atoms with Crippen LogP contribution in [0.15, 0.2) is 65.8 Å². The Labute approximate surface area is 173 Å². The second-order valence-electron chi connectivity index (χ2n) is 6.73. The Morgan fingerprint density at radius 3 is 2.73 bits per heavy atom. The zero-order chi connectivity index (χ0) is 21.5. The third-order valence-corrected chi connectivity index (χ3v) is 4.71. The standard InChI is InChI=1S/C22H20FN5O2/c23-18-7-3-4-8-19(18)26-11-9-20(25)27-21(29)16-10-12-28(14-16)22(30)17-6-2-1-5-15(17)13-24/h1-9,11,16,26H,10,12,14H2,(H2,25,27,29)/b11-9-/t16-/m1/s1. The number of hydrogen-bond acceptors (Lipinski definition) is 4. The van der Waals surface area contributed by atoms with Gasteiger partial charge in [-0.05, 0) is 36.8 Å². The van der Waals surface area contributed by atoms with Crippen molar-refractivity contribution in [2.45, 2.75) is 6.42 Å². The molecule has 0 saturated carbocycles. The van der Waals surface area contributed by atoms with E-state index < -0.39 is 17.6 Å². The van der Waals surface area contributed by atoms with Gasteiger partial charge in [0.05, 0.1) is 28.8 Å². The largest absolute Gasteiger partial charge is 0.384 e. The summed E-state index contributed by atoms with van der Waals surface area (Å²) in [5.41, 5.74) is 6.65. The molecule has 0 bridgehead atoms. The molecular formula is C22H20FN5O2. The lowest BCUT2D eigenvalue weighted by Gasteiger charge is -2.16. The van der Waals surface area contributed by atoms with Crippen LogP contribution in [-0.2, 0) is 4.79 Å². The van der Waals surface area contributed by atoms with Crippen molar-refractivity contribution >= 4 is 23.3 Å². The van der Waals surface area contributed by atoms with Crippen molar-refractivity contribution in [2.24, 2.45) is 16.6 Å². The first-order valence-electron chi connectivity index (χ1n) is 9.33. The highest BCUT2D eigenvalue weighted by atomic mass is 19.1. The average molecular weight is 405 g/mol. The van der Waals surface area contributed by atoms with E-state index in [2.05, 4.69) is 10.3 Å². The fourth-order valence-corrected chi connectivity index (χ4v) is 3.13. The molecule has 8 heteroatoms. The molecule has 1 atom stereocenters. The summed E-state index contributed by atoms with van der Waals surface area (Å²) in [5.74, 6) is -1.61. The number of nitriles is 1. The lowest BCUT2D eigenvalue weighted by Crippen LogP contribution is -2.30. The number of nitrogens with one attached hydrogen (secondary N) is 1. The number of amidine groups is 1. The van der Waals surface area contributed by atoms with Gasteiger partial charge in [0, 0.05) is 19.3 Å². The van der Waals surface area contributed by atoms with Gasteiger partial charge in [-0.2, -0.15) is 10.3 Å². The molecule has 152 valence electrons. The molecule has 30 heavy (non-hydrogen) atoms. The van der Waals surface area contributed by atoms with Gasteiger partial charge in [0.1, 0.15) is 11.7 Å². The second-order valence-corrected chi connectivity index (χ2v) is 6.73. The van der Waals surface area contributed by atoms with Crippen LogP contribution in [0.5, 0.6) is 0 Å². The van der Waals surface area contributed by atoms with Crippen LogP contribution >= 0.6 is 0 Å². The Morgan fingerprint density at radius 2 is 1.97 bits per heavy atom. The molecule has 3 N–H and O–H groups in total. The SMILES string of the molecule is N#Cc1ccccc1C(=O)N1CC[C@@H](C(=O)N=C(N)/C=C\Nc2ccccc2F)C1. The molecular weight excluding hydrogens is 385 g/mol. The number of halogens is 1. The lowest BCUT2D eigenvalue weighted by atomic mass is 10.1. The summed E-state index contributed by atoms with van der Waals surface area (Å²) in [6, 6.07) is 14.7. The number of likely N-dealkylation sites (tertiary alicyclic amines) is 1. The molecule has 0 radical (unpaired) electrons. The minimum absolute atomic E-state index is 0.0246. The van der Waals surface area contributed by atoms with Gasteiger partial charge >= 0.3 is 0 Å². The quantitative estimate of drug-likeness (QED) is 0.587. The first-order chi connectivity index (χ1) is 14.5. The van der Waals surface area contributed by atoms with Crippen LogP contribution in [-0.4, -0.2) is 35.6 Å². The minimum atomic E-state index is -0.463. The number of hydrogen-bond donors (Lipinski definition) is 2. The fraction of sp³-hybridized carbons (Fsp3) is 0.182. The summed E-state index contributed by atoms with van der Waals surface area (Å²) < 4.78 is 13.5. The number of aliphatic imine (C=N–C) groups is 1.